The lowest BCUT2D eigenvalue weighted by molar-refractivity contribution is -0.118. The van der Waals surface area contributed by atoms with E-state index in [-0.39, 0.29) is 23.9 Å². The number of methoxy groups -OCH3 is 1. The van der Waals surface area contributed by atoms with Gasteiger partial charge in [-0.05, 0) is 24.7 Å². The molecule has 1 saturated carbocycles. The maximum absolute atomic E-state index is 11.3. The number of amides is 3. The molecule has 0 bridgehead atoms. The Morgan fingerprint density at radius 3 is 2.67 bits per heavy atom. The van der Waals surface area contributed by atoms with Gasteiger partial charge in [-0.3, -0.25) is 10.1 Å². The van der Waals surface area contributed by atoms with Crippen LogP contribution in [0.25, 0.3) is 0 Å². The van der Waals surface area contributed by atoms with Crippen molar-refractivity contribution in [3.63, 3.8) is 0 Å². The van der Waals surface area contributed by atoms with E-state index >= 15 is 0 Å². The van der Waals surface area contributed by atoms with Gasteiger partial charge in [0, 0.05) is 20.3 Å². The highest BCUT2D eigenvalue weighted by atomic mass is 16.5. The molecule has 84 valence electrons. The van der Waals surface area contributed by atoms with Gasteiger partial charge in [-0.25, -0.2) is 4.79 Å². The molecule has 5 heteroatoms. The van der Waals surface area contributed by atoms with Crippen molar-refractivity contribution in [2.24, 2.45) is 5.41 Å². The monoisotopic (exact) mass is 212 g/mol. The van der Waals surface area contributed by atoms with E-state index in [1.54, 1.807) is 12.0 Å². The highest BCUT2D eigenvalue weighted by Gasteiger charge is 2.45. The number of hydrogen-bond acceptors (Lipinski definition) is 3. The van der Waals surface area contributed by atoms with Crippen molar-refractivity contribution in [3.05, 3.63) is 0 Å². The summed E-state index contributed by atoms with van der Waals surface area (Å²) in [6.07, 6.45) is 3.24. The highest BCUT2D eigenvalue weighted by Crippen LogP contribution is 2.49. The summed E-state index contributed by atoms with van der Waals surface area (Å²) in [4.78, 5) is 23.9. The predicted octanol–water partition coefficient (Wildman–Crippen LogP) is 0.355. The molecule has 2 fully saturated rings. The zero-order valence-electron chi connectivity index (χ0n) is 8.91. The second-order valence-corrected chi connectivity index (χ2v) is 4.45. The van der Waals surface area contributed by atoms with Crippen LogP contribution < -0.4 is 5.32 Å². The van der Waals surface area contributed by atoms with Gasteiger partial charge in [-0.1, -0.05) is 0 Å². The second-order valence-electron chi connectivity index (χ2n) is 4.45. The lowest BCUT2D eigenvalue weighted by Gasteiger charge is -2.21. The highest BCUT2D eigenvalue weighted by molar-refractivity contribution is 6.01. The number of carbonyl (C=O) groups is 2. The third-order valence-electron chi connectivity index (χ3n) is 3.19. The van der Waals surface area contributed by atoms with E-state index in [0.29, 0.717) is 6.54 Å². The molecule has 1 aliphatic carbocycles. The number of rotatable bonds is 5. The summed E-state index contributed by atoms with van der Waals surface area (Å²) in [5.41, 5.74) is 0.220. The van der Waals surface area contributed by atoms with Crippen molar-refractivity contribution in [1.82, 2.24) is 10.2 Å². The van der Waals surface area contributed by atoms with E-state index in [4.69, 9.17) is 4.74 Å². The number of nitrogens with zero attached hydrogens (tertiary/aromatic N) is 1. The molecular formula is C10H16N2O3. The fraction of sp³-hybridized carbons (Fsp3) is 0.800. The quantitative estimate of drug-likeness (QED) is 0.669. The number of imide groups is 1. The van der Waals surface area contributed by atoms with Crippen LogP contribution in [0.15, 0.2) is 0 Å². The third-order valence-corrected chi connectivity index (χ3v) is 3.19. The van der Waals surface area contributed by atoms with Crippen molar-refractivity contribution in [2.75, 3.05) is 26.8 Å². The third kappa shape index (κ3) is 2.28. The van der Waals surface area contributed by atoms with Gasteiger partial charge in [0.25, 0.3) is 0 Å². The Hall–Kier alpha value is -1.10. The van der Waals surface area contributed by atoms with Gasteiger partial charge >= 0.3 is 6.03 Å². The van der Waals surface area contributed by atoms with Crippen LogP contribution in [0, 0.1) is 5.41 Å². The summed E-state index contributed by atoms with van der Waals surface area (Å²) in [6.45, 7) is 1.63. The summed E-state index contributed by atoms with van der Waals surface area (Å²) >= 11 is 0. The topological polar surface area (TPSA) is 58.6 Å². The maximum Gasteiger partial charge on any atom is 0.324 e. The maximum atomic E-state index is 11.3. The first-order valence-electron chi connectivity index (χ1n) is 5.23. The average Bonchev–Trinajstić information content (AvgIpc) is 2.87. The molecule has 1 N–H and O–H groups in total. The van der Waals surface area contributed by atoms with Crippen LogP contribution in [-0.2, 0) is 9.53 Å². The molecule has 0 aromatic heterocycles. The first-order chi connectivity index (χ1) is 7.15. The van der Waals surface area contributed by atoms with Gasteiger partial charge in [-0.15, -0.1) is 0 Å². The predicted molar refractivity (Wildman–Crippen MR) is 53.3 cm³/mol. The second kappa shape index (κ2) is 3.81. The number of urea groups is 1. The van der Waals surface area contributed by atoms with E-state index in [9.17, 15) is 9.59 Å². The van der Waals surface area contributed by atoms with Crippen molar-refractivity contribution < 1.29 is 14.3 Å². The van der Waals surface area contributed by atoms with Gasteiger partial charge in [0.2, 0.25) is 5.91 Å². The normalized spacial score (nSPS) is 23.1. The number of carbonyl (C=O) groups excluding carboxylic acids is 2. The van der Waals surface area contributed by atoms with Gasteiger partial charge in [0.1, 0.15) is 6.54 Å². The van der Waals surface area contributed by atoms with Crippen LogP contribution in [0.2, 0.25) is 0 Å². The Morgan fingerprint density at radius 1 is 1.47 bits per heavy atom. The minimum atomic E-state index is -0.247. The van der Waals surface area contributed by atoms with Gasteiger partial charge in [0.05, 0.1) is 0 Å². The molecule has 3 amide bonds. The largest absolute Gasteiger partial charge is 0.385 e. The minimum Gasteiger partial charge on any atom is -0.385 e. The summed E-state index contributed by atoms with van der Waals surface area (Å²) in [6, 6.07) is -0.247. The molecule has 15 heavy (non-hydrogen) atoms. The molecule has 1 heterocycles. The molecule has 1 saturated heterocycles. The Morgan fingerprint density at radius 2 is 2.20 bits per heavy atom. The molecule has 0 aromatic carbocycles. The molecule has 2 aliphatic rings. The SMILES string of the molecule is COCCC1(CN2CC(=O)NC2=O)CC1. The zero-order valence-corrected chi connectivity index (χ0v) is 8.91. The molecule has 1 aliphatic heterocycles. The van der Waals surface area contributed by atoms with Crippen LogP contribution in [0.5, 0.6) is 0 Å². The van der Waals surface area contributed by atoms with Crippen molar-refractivity contribution in [1.29, 1.82) is 0 Å². The van der Waals surface area contributed by atoms with E-state index in [2.05, 4.69) is 5.32 Å². The number of nitrogens with one attached hydrogen (secondary N) is 1. The molecule has 0 aromatic rings. The molecule has 2 rings (SSSR count). The lowest BCUT2D eigenvalue weighted by Crippen LogP contribution is -2.34. The van der Waals surface area contributed by atoms with E-state index < -0.39 is 0 Å². The number of hydrogen-bond donors (Lipinski definition) is 1. The van der Waals surface area contributed by atoms with E-state index in [1.807, 2.05) is 0 Å². The van der Waals surface area contributed by atoms with Crippen LogP contribution in [0.3, 0.4) is 0 Å². The van der Waals surface area contributed by atoms with Gasteiger partial charge < -0.3 is 9.64 Å². The molecule has 5 nitrogen and oxygen atoms in total. The van der Waals surface area contributed by atoms with Crippen LogP contribution in [-0.4, -0.2) is 43.6 Å². The Bertz CT molecular complexity index is 286. The lowest BCUT2D eigenvalue weighted by atomic mass is 10.0. The first-order valence-corrected chi connectivity index (χ1v) is 5.23. The summed E-state index contributed by atoms with van der Waals surface area (Å²) in [5, 5.41) is 2.29. The fourth-order valence-corrected chi connectivity index (χ4v) is 2.00. The molecular weight excluding hydrogens is 196 g/mol. The first kappa shape index (κ1) is 10.4. The van der Waals surface area contributed by atoms with Crippen LogP contribution >= 0.6 is 0 Å². The molecule has 0 spiro atoms. The molecule has 0 atom stereocenters. The van der Waals surface area contributed by atoms with Crippen molar-refractivity contribution >= 4 is 11.9 Å². The smallest absolute Gasteiger partial charge is 0.324 e. The van der Waals surface area contributed by atoms with Crippen LogP contribution in [0.4, 0.5) is 4.79 Å². The summed E-state index contributed by atoms with van der Waals surface area (Å²) in [5.74, 6) is -0.192. The van der Waals surface area contributed by atoms with Crippen LogP contribution in [0.1, 0.15) is 19.3 Å². The zero-order chi connectivity index (χ0) is 10.9. The Labute approximate surface area is 88.8 Å². The number of ether oxygens (including phenoxy) is 1. The summed E-state index contributed by atoms with van der Waals surface area (Å²) < 4.78 is 5.04. The Balaban J connectivity index is 1.86. The van der Waals surface area contributed by atoms with Crippen molar-refractivity contribution in [3.8, 4) is 0 Å². The molecule has 0 radical (unpaired) electrons. The minimum absolute atomic E-state index is 0.192. The van der Waals surface area contributed by atoms with E-state index in [0.717, 1.165) is 25.9 Å². The fourth-order valence-electron chi connectivity index (χ4n) is 2.00. The van der Waals surface area contributed by atoms with Gasteiger partial charge in [-0.2, -0.15) is 0 Å². The molecule has 0 unspecified atom stereocenters. The van der Waals surface area contributed by atoms with Gasteiger partial charge in [0.15, 0.2) is 0 Å². The Kier molecular flexibility index (Phi) is 2.65. The average molecular weight is 212 g/mol. The van der Waals surface area contributed by atoms with E-state index in [1.165, 1.54) is 0 Å². The standard InChI is InChI=1S/C10H16N2O3/c1-15-5-4-10(2-3-10)7-12-6-8(13)11-9(12)14/h2-7H2,1H3,(H,11,13,14). The van der Waals surface area contributed by atoms with Crippen molar-refractivity contribution in [2.45, 2.75) is 19.3 Å². The summed E-state index contributed by atoms with van der Waals surface area (Å²) in [7, 11) is 1.68.